The van der Waals surface area contributed by atoms with E-state index in [-0.39, 0.29) is 5.91 Å². The number of amides is 1. The van der Waals surface area contributed by atoms with Gasteiger partial charge in [-0.1, -0.05) is 48.0 Å². The Morgan fingerprint density at radius 1 is 1.15 bits per heavy atom. The Labute approximate surface area is 161 Å². The molecule has 0 bridgehead atoms. The van der Waals surface area contributed by atoms with Gasteiger partial charge in [0.2, 0.25) is 5.91 Å². The standard InChI is InChI=1S/C21H19ClN2O3/c1-12(25)24-18(21(26)27-2)11-15-13-7-4-6-10-17(13)23-19(15)20(24)14-8-3-5-9-16(14)22/h3-10,18,20,23H,11H2,1-2H3/t18-,20-/m1/s1. The number of H-pyrrole nitrogens is 1. The number of esters is 1. The zero-order valence-electron chi connectivity index (χ0n) is 15.0. The van der Waals surface area contributed by atoms with Crippen LogP contribution in [0.5, 0.6) is 0 Å². The van der Waals surface area contributed by atoms with Gasteiger partial charge in [-0.2, -0.15) is 0 Å². The normalized spacial score (nSPS) is 19.0. The summed E-state index contributed by atoms with van der Waals surface area (Å²) in [6.45, 7) is 1.47. The first kappa shape index (κ1) is 17.6. The van der Waals surface area contributed by atoms with Crippen LogP contribution in [0.25, 0.3) is 10.9 Å². The molecule has 2 heterocycles. The summed E-state index contributed by atoms with van der Waals surface area (Å²) in [5.41, 5.74) is 3.65. The third kappa shape index (κ3) is 2.79. The van der Waals surface area contributed by atoms with Crippen molar-refractivity contribution in [3.8, 4) is 0 Å². The molecule has 1 amide bonds. The van der Waals surface area contributed by atoms with E-state index in [9.17, 15) is 9.59 Å². The van der Waals surface area contributed by atoms with Crippen LogP contribution in [0.2, 0.25) is 5.02 Å². The van der Waals surface area contributed by atoms with E-state index in [1.165, 1.54) is 14.0 Å². The van der Waals surface area contributed by atoms with Crippen LogP contribution < -0.4 is 0 Å². The number of benzene rings is 2. The van der Waals surface area contributed by atoms with Crippen molar-refractivity contribution in [2.75, 3.05) is 7.11 Å². The Bertz CT molecular complexity index is 1040. The Morgan fingerprint density at radius 2 is 1.85 bits per heavy atom. The number of ether oxygens (including phenoxy) is 1. The number of aromatic amines is 1. The van der Waals surface area contributed by atoms with E-state index in [1.54, 1.807) is 11.0 Å². The van der Waals surface area contributed by atoms with E-state index < -0.39 is 18.1 Å². The van der Waals surface area contributed by atoms with Crippen molar-refractivity contribution < 1.29 is 14.3 Å². The molecule has 138 valence electrons. The number of carbonyl (C=O) groups is 2. The second-order valence-corrected chi connectivity index (χ2v) is 7.06. The maximum atomic E-state index is 12.6. The van der Waals surface area contributed by atoms with E-state index >= 15 is 0 Å². The minimum atomic E-state index is -0.708. The molecular formula is C21H19ClN2O3. The van der Waals surface area contributed by atoms with Gasteiger partial charge in [0.25, 0.3) is 0 Å². The van der Waals surface area contributed by atoms with Gasteiger partial charge < -0.3 is 14.6 Å². The molecule has 2 atom stereocenters. The molecule has 1 aromatic heterocycles. The van der Waals surface area contributed by atoms with E-state index in [0.717, 1.165) is 27.7 Å². The number of carbonyl (C=O) groups excluding carboxylic acids is 2. The van der Waals surface area contributed by atoms with Crippen LogP contribution >= 0.6 is 11.6 Å². The molecular weight excluding hydrogens is 364 g/mol. The summed E-state index contributed by atoms with van der Waals surface area (Å²) >= 11 is 6.49. The van der Waals surface area contributed by atoms with Crippen LogP contribution in [0.15, 0.2) is 48.5 Å². The molecule has 0 fully saturated rings. The lowest BCUT2D eigenvalue weighted by atomic mass is 9.88. The van der Waals surface area contributed by atoms with E-state index in [1.807, 2.05) is 42.5 Å². The lowest BCUT2D eigenvalue weighted by Gasteiger charge is -2.40. The number of nitrogens with one attached hydrogen (secondary N) is 1. The number of hydrogen-bond donors (Lipinski definition) is 1. The van der Waals surface area contributed by atoms with Gasteiger partial charge in [0, 0.05) is 35.0 Å². The molecule has 0 spiro atoms. The number of rotatable bonds is 2. The van der Waals surface area contributed by atoms with Crippen molar-refractivity contribution in [1.82, 2.24) is 9.88 Å². The van der Waals surface area contributed by atoms with Crippen molar-refractivity contribution in [1.29, 1.82) is 0 Å². The summed E-state index contributed by atoms with van der Waals surface area (Å²) in [5, 5.41) is 1.59. The van der Waals surface area contributed by atoms with E-state index in [4.69, 9.17) is 16.3 Å². The predicted molar refractivity (Wildman–Crippen MR) is 104 cm³/mol. The van der Waals surface area contributed by atoms with Crippen molar-refractivity contribution >= 4 is 34.4 Å². The highest BCUT2D eigenvalue weighted by atomic mass is 35.5. The van der Waals surface area contributed by atoms with Gasteiger partial charge in [-0.15, -0.1) is 0 Å². The molecule has 0 aliphatic carbocycles. The first-order valence-electron chi connectivity index (χ1n) is 8.73. The smallest absolute Gasteiger partial charge is 0.328 e. The second kappa shape index (κ2) is 6.74. The molecule has 0 radical (unpaired) electrons. The first-order chi connectivity index (χ1) is 13.0. The van der Waals surface area contributed by atoms with Gasteiger partial charge in [-0.25, -0.2) is 4.79 Å². The van der Waals surface area contributed by atoms with Crippen LogP contribution in [0, 0.1) is 0 Å². The average molecular weight is 383 g/mol. The molecule has 3 aromatic rings. The third-order valence-corrected chi connectivity index (χ3v) is 5.51. The summed E-state index contributed by atoms with van der Waals surface area (Å²) < 4.78 is 5.01. The van der Waals surface area contributed by atoms with Gasteiger partial charge in [-0.3, -0.25) is 4.79 Å². The largest absolute Gasteiger partial charge is 0.467 e. The summed E-state index contributed by atoms with van der Waals surface area (Å²) in [5.74, 6) is -0.641. The fourth-order valence-electron chi connectivity index (χ4n) is 4.02. The van der Waals surface area contributed by atoms with Crippen molar-refractivity contribution in [3.63, 3.8) is 0 Å². The van der Waals surface area contributed by atoms with Crippen LogP contribution in [-0.2, 0) is 20.7 Å². The summed E-state index contributed by atoms with van der Waals surface area (Å²) in [6, 6.07) is 14.1. The van der Waals surface area contributed by atoms with Gasteiger partial charge in [0.15, 0.2) is 0 Å². The highest BCUT2D eigenvalue weighted by Gasteiger charge is 2.43. The number of hydrogen-bond acceptors (Lipinski definition) is 3. The summed E-state index contributed by atoms with van der Waals surface area (Å²) in [6.07, 6.45) is 0.395. The number of para-hydroxylation sites is 1. The second-order valence-electron chi connectivity index (χ2n) is 6.66. The molecule has 0 saturated carbocycles. The van der Waals surface area contributed by atoms with Gasteiger partial charge in [-0.05, 0) is 23.3 Å². The van der Waals surface area contributed by atoms with Crippen LogP contribution in [0.3, 0.4) is 0 Å². The molecule has 0 saturated heterocycles. The molecule has 1 aliphatic heterocycles. The highest BCUT2D eigenvalue weighted by Crippen LogP contribution is 2.42. The minimum Gasteiger partial charge on any atom is -0.467 e. The number of halogens is 1. The molecule has 0 unspecified atom stereocenters. The zero-order valence-corrected chi connectivity index (χ0v) is 15.8. The molecule has 4 rings (SSSR count). The Balaban J connectivity index is 2.01. The Morgan fingerprint density at radius 3 is 2.56 bits per heavy atom. The Kier molecular flexibility index (Phi) is 4.40. The van der Waals surface area contributed by atoms with Gasteiger partial charge >= 0.3 is 5.97 Å². The predicted octanol–water partition coefficient (Wildman–Crippen LogP) is 3.86. The first-order valence-corrected chi connectivity index (χ1v) is 9.11. The van der Waals surface area contributed by atoms with Crippen molar-refractivity contribution in [2.45, 2.75) is 25.4 Å². The fraction of sp³-hybridized carbons (Fsp3) is 0.238. The van der Waals surface area contributed by atoms with Crippen LogP contribution in [0.1, 0.15) is 29.8 Å². The number of nitrogens with zero attached hydrogens (tertiary/aromatic N) is 1. The lowest BCUT2D eigenvalue weighted by molar-refractivity contribution is -0.154. The summed E-state index contributed by atoms with van der Waals surface area (Å²) in [7, 11) is 1.34. The van der Waals surface area contributed by atoms with Gasteiger partial charge in [0.05, 0.1) is 13.2 Å². The molecule has 2 aromatic carbocycles. The minimum absolute atomic E-state index is 0.209. The lowest BCUT2D eigenvalue weighted by Crippen LogP contribution is -2.51. The summed E-state index contributed by atoms with van der Waals surface area (Å²) in [4.78, 5) is 30.2. The number of fused-ring (bicyclic) bond motifs is 3. The molecule has 1 aliphatic rings. The number of methoxy groups -OCH3 is 1. The average Bonchev–Trinajstić information content (AvgIpc) is 3.05. The van der Waals surface area contributed by atoms with E-state index in [0.29, 0.717) is 11.4 Å². The maximum absolute atomic E-state index is 12.6. The van der Waals surface area contributed by atoms with Crippen LogP contribution in [0.4, 0.5) is 0 Å². The molecule has 5 nitrogen and oxygen atoms in total. The maximum Gasteiger partial charge on any atom is 0.328 e. The van der Waals surface area contributed by atoms with Crippen LogP contribution in [-0.4, -0.2) is 34.9 Å². The van der Waals surface area contributed by atoms with Gasteiger partial charge in [0.1, 0.15) is 6.04 Å². The highest BCUT2D eigenvalue weighted by molar-refractivity contribution is 6.31. The molecule has 1 N–H and O–H groups in total. The topological polar surface area (TPSA) is 62.4 Å². The SMILES string of the molecule is COC(=O)[C@H]1Cc2c([nH]c3ccccc23)[C@@H](c2ccccc2Cl)N1C(C)=O. The molecule has 27 heavy (non-hydrogen) atoms. The quantitative estimate of drug-likeness (QED) is 0.684. The third-order valence-electron chi connectivity index (χ3n) is 5.17. The zero-order chi connectivity index (χ0) is 19.1. The van der Waals surface area contributed by atoms with Crippen molar-refractivity contribution in [2.24, 2.45) is 0 Å². The van der Waals surface area contributed by atoms with E-state index in [2.05, 4.69) is 4.98 Å². The number of aromatic nitrogens is 1. The Hall–Kier alpha value is -2.79. The monoisotopic (exact) mass is 382 g/mol. The fourth-order valence-corrected chi connectivity index (χ4v) is 4.26. The molecule has 6 heteroatoms. The van der Waals surface area contributed by atoms with Crippen molar-refractivity contribution in [3.05, 3.63) is 70.4 Å².